The number of hydrogen-bond acceptors (Lipinski definition) is 12. The number of anilines is 1. The standard InChI is InChI=1S/C40H45F2N7O7S/c1-39-9-4-11-48(23-39)35-30-21-43-33(32(42)34(30)44-36(45-35)55-24-40-10-5-12-49(40)22-27(41)20-40)29-19-28(56-38(51)47-13-16-57(52,53)17-14-47)18-26-7-2-6-25(31(26)29)8-3-15-54-37(50)46-39/h2,6-7,18-19,21,27H,3-5,8-17,20,22-24H2,1H3,(H,46,50)/t27-,39-,40+/m1/s1. The van der Waals surface area contributed by atoms with Crippen LogP contribution in [0.4, 0.5) is 24.2 Å². The molecule has 2 amide bonds. The second-order valence-corrected chi connectivity index (χ2v) is 18.6. The summed E-state index contributed by atoms with van der Waals surface area (Å²) in [6, 6.07) is 8.79. The number of piperidine rings is 1. The minimum Gasteiger partial charge on any atom is -0.461 e. The first-order valence-electron chi connectivity index (χ1n) is 19.7. The van der Waals surface area contributed by atoms with Gasteiger partial charge in [-0.1, -0.05) is 18.2 Å². The number of benzene rings is 2. The summed E-state index contributed by atoms with van der Waals surface area (Å²) in [5.41, 5.74) is -0.0501. The molecule has 57 heavy (non-hydrogen) atoms. The molecule has 4 aromatic rings. The summed E-state index contributed by atoms with van der Waals surface area (Å²) in [5, 5.41) is 4.72. The Balaban J connectivity index is 1.18. The normalized spacial score (nSPS) is 26.3. The number of nitrogens with one attached hydrogen (secondary N) is 1. The molecule has 4 fully saturated rings. The lowest BCUT2D eigenvalue weighted by molar-refractivity contribution is 0.107. The van der Waals surface area contributed by atoms with Crippen molar-refractivity contribution in [3.63, 3.8) is 0 Å². The van der Waals surface area contributed by atoms with E-state index >= 15 is 4.39 Å². The van der Waals surface area contributed by atoms with Crippen LogP contribution in [0.1, 0.15) is 51.0 Å². The van der Waals surface area contributed by atoms with Crippen LogP contribution in [0.2, 0.25) is 0 Å². The van der Waals surface area contributed by atoms with E-state index in [0.717, 1.165) is 24.9 Å². The van der Waals surface area contributed by atoms with Gasteiger partial charge in [0.05, 0.1) is 34.6 Å². The van der Waals surface area contributed by atoms with Crippen LogP contribution in [-0.4, -0.2) is 127 Å². The summed E-state index contributed by atoms with van der Waals surface area (Å²) in [6.07, 6.45) is 3.73. The van der Waals surface area contributed by atoms with E-state index in [2.05, 4.69) is 15.2 Å². The maximum absolute atomic E-state index is 17.5. The fourth-order valence-electron chi connectivity index (χ4n) is 9.39. The number of hydrogen-bond donors (Lipinski definition) is 1. The Hall–Kier alpha value is -4.90. The number of nitrogens with zero attached hydrogens (tertiary/aromatic N) is 6. The minimum absolute atomic E-state index is 0.00280. The summed E-state index contributed by atoms with van der Waals surface area (Å²) in [6.45, 7) is 4.29. The van der Waals surface area contributed by atoms with Gasteiger partial charge in [-0.25, -0.2) is 26.8 Å². The molecule has 3 atom stereocenters. The molecule has 4 saturated heterocycles. The number of alkyl carbamates (subject to hydrolysis) is 1. The zero-order valence-corrected chi connectivity index (χ0v) is 32.6. The van der Waals surface area contributed by atoms with Gasteiger partial charge in [0.25, 0.3) is 0 Å². The molecular weight excluding hydrogens is 761 g/mol. The van der Waals surface area contributed by atoms with Crippen LogP contribution in [0, 0.1) is 5.82 Å². The van der Waals surface area contributed by atoms with Gasteiger partial charge >= 0.3 is 18.2 Å². The summed E-state index contributed by atoms with van der Waals surface area (Å²) >= 11 is 0. The molecule has 6 bridgehead atoms. The highest BCUT2D eigenvalue weighted by Crippen LogP contribution is 2.42. The first-order chi connectivity index (χ1) is 27.4. The number of pyridine rings is 1. The smallest absolute Gasteiger partial charge is 0.415 e. The number of sulfone groups is 1. The Morgan fingerprint density at radius 2 is 1.91 bits per heavy atom. The number of carbonyl (C=O) groups excluding carboxylic acids is 2. The van der Waals surface area contributed by atoms with E-state index < -0.39 is 45.1 Å². The van der Waals surface area contributed by atoms with E-state index in [0.29, 0.717) is 79.3 Å². The minimum atomic E-state index is -3.23. The largest absolute Gasteiger partial charge is 0.461 e. The van der Waals surface area contributed by atoms with Crippen molar-refractivity contribution in [1.82, 2.24) is 30.1 Å². The van der Waals surface area contributed by atoms with Gasteiger partial charge in [-0.2, -0.15) is 9.97 Å². The van der Waals surface area contributed by atoms with E-state index in [4.69, 9.17) is 24.2 Å². The molecule has 0 saturated carbocycles. The topological polar surface area (TPSA) is 156 Å². The summed E-state index contributed by atoms with van der Waals surface area (Å²) < 4.78 is 74.1. The Kier molecular flexibility index (Phi) is 9.57. The second kappa shape index (κ2) is 14.5. The highest BCUT2D eigenvalue weighted by Gasteiger charge is 2.49. The zero-order chi connectivity index (χ0) is 39.5. The predicted octanol–water partition coefficient (Wildman–Crippen LogP) is 5.20. The molecule has 6 aliphatic rings. The first-order valence-corrected chi connectivity index (χ1v) is 21.5. The van der Waals surface area contributed by atoms with Gasteiger partial charge in [-0.15, -0.1) is 0 Å². The Morgan fingerprint density at radius 3 is 2.75 bits per heavy atom. The maximum Gasteiger partial charge on any atom is 0.415 e. The van der Waals surface area contributed by atoms with Gasteiger partial charge in [0.2, 0.25) is 0 Å². The number of alkyl halides is 1. The van der Waals surface area contributed by atoms with Crippen LogP contribution in [0.25, 0.3) is 32.9 Å². The lowest BCUT2D eigenvalue weighted by Gasteiger charge is -2.41. The molecule has 0 spiro atoms. The number of ether oxygens (including phenoxy) is 3. The maximum atomic E-state index is 17.5. The number of amides is 2. The van der Waals surface area contributed by atoms with Gasteiger partial charge in [0, 0.05) is 50.9 Å². The Labute approximate surface area is 328 Å². The lowest BCUT2D eigenvalue weighted by atomic mass is 9.91. The molecule has 1 N–H and O–H groups in total. The van der Waals surface area contributed by atoms with Crippen LogP contribution >= 0.6 is 0 Å². The van der Waals surface area contributed by atoms with Crippen LogP contribution in [0.15, 0.2) is 36.5 Å². The van der Waals surface area contributed by atoms with E-state index in [1.165, 1.54) is 4.90 Å². The SMILES string of the molecule is C[C@@]12CCCN(C1)c1nc(OC[C@@]34CCCN3C[C@H](F)C4)nc3c(F)c(ncc13)-c1cc(OC(=O)N3CCS(=O)(=O)CC3)cc3cccc(c13)CCCOC(=O)N2. The van der Waals surface area contributed by atoms with Crippen molar-refractivity contribution < 1.29 is 41.0 Å². The van der Waals surface area contributed by atoms with E-state index in [9.17, 15) is 22.4 Å². The molecule has 2 aromatic carbocycles. The third kappa shape index (κ3) is 7.28. The van der Waals surface area contributed by atoms with Crippen molar-refractivity contribution in [2.45, 2.75) is 69.1 Å². The van der Waals surface area contributed by atoms with Crippen molar-refractivity contribution in [1.29, 1.82) is 0 Å². The third-order valence-electron chi connectivity index (χ3n) is 12.2. The highest BCUT2D eigenvalue weighted by atomic mass is 32.2. The molecule has 17 heteroatoms. The third-order valence-corrected chi connectivity index (χ3v) is 13.8. The Morgan fingerprint density at radius 1 is 1.09 bits per heavy atom. The highest BCUT2D eigenvalue weighted by molar-refractivity contribution is 7.91. The number of aromatic nitrogens is 3. The molecule has 0 unspecified atom stereocenters. The van der Waals surface area contributed by atoms with Gasteiger partial charge in [-0.05, 0) is 80.5 Å². The molecule has 10 rings (SSSR count). The Bertz CT molecular complexity index is 2370. The van der Waals surface area contributed by atoms with Gasteiger partial charge in [0.1, 0.15) is 35.6 Å². The summed E-state index contributed by atoms with van der Waals surface area (Å²) in [7, 11) is -3.23. The van der Waals surface area contributed by atoms with Crippen LogP contribution in [-0.2, 0) is 21.0 Å². The average Bonchev–Trinajstić information content (AvgIpc) is 3.70. The molecular formula is C40H45F2N7O7S. The molecule has 0 radical (unpaired) electrons. The van der Waals surface area contributed by atoms with E-state index in [-0.39, 0.29) is 60.8 Å². The number of fused-ring (bicyclic) bond motifs is 7. The van der Waals surface area contributed by atoms with Crippen molar-refractivity contribution in [2.75, 3.05) is 68.9 Å². The monoisotopic (exact) mass is 805 g/mol. The lowest BCUT2D eigenvalue weighted by Crippen LogP contribution is -2.57. The molecule has 0 aliphatic carbocycles. The van der Waals surface area contributed by atoms with Crippen molar-refractivity contribution in [3.8, 4) is 23.0 Å². The molecule has 6 aliphatic heterocycles. The average molecular weight is 806 g/mol. The fourth-order valence-corrected chi connectivity index (χ4v) is 10.6. The molecule has 302 valence electrons. The molecule has 14 nitrogen and oxygen atoms in total. The summed E-state index contributed by atoms with van der Waals surface area (Å²) in [5.74, 6) is -0.524. The number of carbonyl (C=O) groups is 2. The van der Waals surface area contributed by atoms with Gasteiger partial charge in [-0.3, -0.25) is 9.88 Å². The zero-order valence-electron chi connectivity index (χ0n) is 31.8. The molecule has 8 heterocycles. The van der Waals surface area contributed by atoms with E-state index in [1.807, 2.05) is 30.0 Å². The number of halogens is 2. The predicted molar refractivity (Wildman–Crippen MR) is 208 cm³/mol. The number of rotatable bonds is 4. The van der Waals surface area contributed by atoms with Gasteiger partial charge in [0.15, 0.2) is 15.7 Å². The quantitative estimate of drug-likeness (QED) is 0.288. The summed E-state index contributed by atoms with van der Waals surface area (Å²) in [4.78, 5) is 46.1. The van der Waals surface area contributed by atoms with Crippen LogP contribution < -0.4 is 19.7 Å². The van der Waals surface area contributed by atoms with E-state index in [1.54, 1.807) is 18.3 Å². The first kappa shape index (κ1) is 37.7. The van der Waals surface area contributed by atoms with Crippen molar-refractivity contribution in [3.05, 3.63) is 47.9 Å². The molecule has 2 aromatic heterocycles. The van der Waals surface area contributed by atoms with Crippen molar-refractivity contribution >= 4 is 49.5 Å². The fraction of sp³-hybridized carbons (Fsp3) is 0.525. The van der Waals surface area contributed by atoms with Crippen molar-refractivity contribution in [2.24, 2.45) is 0 Å². The van der Waals surface area contributed by atoms with Gasteiger partial charge < -0.3 is 29.3 Å². The van der Waals surface area contributed by atoms with Crippen LogP contribution in [0.5, 0.6) is 11.8 Å². The number of aryl methyl sites for hydroxylation is 1. The second-order valence-electron chi connectivity index (χ2n) is 16.3. The van der Waals surface area contributed by atoms with Crippen LogP contribution in [0.3, 0.4) is 0 Å².